The summed E-state index contributed by atoms with van der Waals surface area (Å²) in [5.41, 5.74) is 0.332. The summed E-state index contributed by atoms with van der Waals surface area (Å²) in [7, 11) is -3.82. The standard InChI is InChI=1S/C12H17O5P/c1-3-9(2)17-18(15,16)8-10-6-4-5-7-11(10)12(13)14/h4-7,9H,3,8H2,1-2H3,(H,13,14)(H,15,16). The summed E-state index contributed by atoms with van der Waals surface area (Å²) in [4.78, 5) is 20.7. The number of hydrogen-bond donors (Lipinski definition) is 2. The van der Waals surface area contributed by atoms with Gasteiger partial charge in [-0.1, -0.05) is 25.1 Å². The van der Waals surface area contributed by atoms with Crippen LogP contribution in [0.2, 0.25) is 0 Å². The van der Waals surface area contributed by atoms with E-state index in [-0.39, 0.29) is 17.8 Å². The van der Waals surface area contributed by atoms with Crippen LogP contribution in [0.15, 0.2) is 24.3 Å². The molecule has 2 unspecified atom stereocenters. The third-order valence-electron chi connectivity index (χ3n) is 2.54. The van der Waals surface area contributed by atoms with Gasteiger partial charge in [-0.05, 0) is 25.0 Å². The summed E-state index contributed by atoms with van der Waals surface area (Å²) < 4.78 is 16.9. The molecule has 0 bridgehead atoms. The van der Waals surface area contributed by atoms with Gasteiger partial charge in [0.1, 0.15) is 0 Å². The molecule has 0 radical (unpaired) electrons. The van der Waals surface area contributed by atoms with Crippen molar-refractivity contribution < 1.29 is 23.9 Å². The van der Waals surface area contributed by atoms with Gasteiger partial charge in [0.25, 0.3) is 0 Å². The van der Waals surface area contributed by atoms with E-state index in [4.69, 9.17) is 9.63 Å². The van der Waals surface area contributed by atoms with E-state index in [1.165, 1.54) is 12.1 Å². The van der Waals surface area contributed by atoms with Crippen molar-refractivity contribution in [2.24, 2.45) is 0 Å². The topological polar surface area (TPSA) is 83.8 Å². The number of rotatable bonds is 6. The molecule has 0 aliphatic heterocycles. The third-order valence-corrected chi connectivity index (χ3v) is 3.97. The predicted molar refractivity (Wildman–Crippen MR) is 67.8 cm³/mol. The molecule has 0 heterocycles. The minimum atomic E-state index is -3.82. The molecule has 0 aromatic heterocycles. The Labute approximate surface area is 106 Å². The Balaban J connectivity index is 2.90. The lowest BCUT2D eigenvalue weighted by Gasteiger charge is -2.17. The molecule has 1 aromatic carbocycles. The van der Waals surface area contributed by atoms with E-state index in [1.54, 1.807) is 19.1 Å². The lowest BCUT2D eigenvalue weighted by atomic mass is 10.1. The van der Waals surface area contributed by atoms with E-state index in [0.29, 0.717) is 12.0 Å². The van der Waals surface area contributed by atoms with Crippen LogP contribution >= 0.6 is 7.60 Å². The Morgan fingerprint density at radius 1 is 1.44 bits per heavy atom. The van der Waals surface area contributed by atoms with Crippen LogP contribution in [0, 0.1) is 0 Å². The van der Waals surface area contributed by atoms with Crippen molar-refractivity contribution in [1.82, 2.24) is 0 Å². The maximum absolute atomic E-state index is 11.9. The fraction of sp³-hybridized carbons (Fsp3) is 0.417. The van der Waals surface area contributed by atoms with E-state index >= 15 is 0 Å². The monoisotopic (exact) mass is 272 g/mol. The first-order valence-corrected chi connectivity index (χ1v) is 7.43. The minimum absolute atomic E-state index is 0.0273. The highest BCUT2D eigenvalue weighted by atomic mass is 31.2. The van der Waals surface area contributed by atoms with E-state index < -0.39 is 13.6 Å². The molecule has 2 N–H and O–H groups in total. The SMILES string of the molecule is CCC(C)OP(=O)(O)Cc1ccccc1C(=O)O. The van der Waals surface area contributed by atoms with Gasteiger partial charge < -0.3 is 14.5 Å². The average Bonchev–Trinajstić information content (AvgIpc) is 2.28. The van der Waals surface area contributed by atoms with Crippen LogP contribution in [0.5, 0.6) is 0 Å². The first-order chi connectivity index (χ1) is 8.35. The maximum atomic E-state index is 11.9. The molecule has 1 rings (SSSR count). The van der Waals surface area contributed by atoms with Crippen LogP contribution in [-0.2, 0) is 15.3 Å². The fourth-order valence-corrected chi connectivity index (χ4v) is 2.97. The molecule has 18 heavy (non-hydrogen) atoms. The van der Waals surface area contributed by atoms with Crippen LogP contribution in [0.4, 0.5) is 0 Å². The number of hydrogen-bond acceptors (Lipinski definition) is 3. The molecule has 100 valence electrons. The lowest BCUT2D eigenvalue weighted by Crippen LogP contribution is -2.08. The fourth-order valence-electron chi connectivity index (χ4n) is 1.48. The van der Waals surface area contributed by atoms with Gasteiger partial charge in [-0.25, -0.2) is 4.79 Å². The summed E-state index contributed by atoms with van der Waals surface area (Å²) in [5, 5.41) is 8.98. The van der Waals surface area contributed by atoms with Crippen molar-refractivity contribution in [2.45, 2.75) is 32.5 Å². The Kier molecular flexibility index (Phi) is 5.08. The van der Waals surface area contributed by atoms with Crippen LogP contribution in [0.25, 0.3) is 0 Å². The smallest absolute Gasteiger partial charge is 0.335 e. The van der Waals surface area contributed by atoms with E-state index in [2.05, 4.69) is 0 Å². The molecule has 0 aliphatic carbocycles. The Hall–Kier alpha value is -1.16. The van der Waals surface area contributed by atoms with Gasteiger partial charge in [0.15, 0.2) is 0 Å². The molecular formula is C12H17O5P. The summed E-state index contributed by atoms with van der Waals surface area (Å²) in [6.45, 7) is 3.54. The molecule has 5 nitrogen and oxygen atoms in total. The highest BCUT2D eigenvalue weighted by Crippen LogP contribution is 2.47. The number of aromatic carboxylic acids is 1. The van der Waals surface area contributed by atoms with E-state index in [9.17, 15) is 14.3 Å². The molecule has 0 fully saturated rings. The van der Waals surface area contributed by atoms with Gasteiger partial charge in [0, 0.05) is 0 Å². The number of carboxylic acids is 1. The number of carboxylic acid groups (broad SMARTS) is 1. The molecule has 0 amide bonds. The van der Waals surface area contributed by atoms with Gasteiger partial charge in [-0.2, -0.15) is 0 Å². The molecule has 0 saturated heterocycles. The Morgan fingerprint density at radius 2 is 2.06 bits per heavy atom. The molecule has 0 spiro atoms. The second-order valence-corrected chi connectivity index (χ2v) is 5.88. The molecule has 1 aromatic rings. The zero-order valence-electron chi connectivity index (χ0n) is 10.4. The van der Waals surface area contributed by atoms with Gasteiger partial charge in [0.2, 0.25) is 0 Å². The van der Waals surface area contributed by atoms with Gasteiger partial charge in [-0.3, -0.25) is 4.57 Å². The highest BCUT2D eigenvalue weighted by Gasteiger charge is 2.25. The van der Waals surface area contributed by atoms with Crippen LogP contribution < -0.4 is 0 Å². The normalized spacial score (nSPS) is 15.9. The van der Waals surface area contributed by atoms with Gasteiger partial charge in [-0.15, -0.1) is 0 Å². The zero-order chi connectivity index (χ0) is 13.8. The highest BCUT2D eigenvalue weighted by molar-refractivity contribution is 7.52. The Bertz CT molecular complexity index is 471. The summed E-state index contributed by atoms with van der Waals surface area (Å²) in [5.74, 6) is -1.12. The first-order valence-electron chi connectivity index (χ1n) is 5.67. The van der Waals surface area contributed by atoms with E-state index in [1.807, 2.05) is 6.92 Å². The average molecular weight is 272 g/mol. The minimum Gasteiger partial charge on any atom is -0.478 e. The maximum Gasteiger partial charge on any atom is 0.335 e. The van der Waals surface area contributed by atoms with E-state index in [0.717, 1.165) is 0 Å². The second kappa shape index (κ2) is 6.14. The quantitative estimate of drug-likeness (QED) is 0.778. The largest absolute Gasteiger partial charge is 0.478 e. The van der Waals surface area contributed by atoms with Crippen molar-refractivity contribution in [2.75, 3.05) is 0 Å². The van der Waals surface area contributed by atoms with Crippen LogP contribution in [-0.4, -0.2) is 22.1 Å². The van der Waals surface area contributed by atoms with Crippen molar-refractivity contribution >= 4 is 13.6 Å². The summed E-state index contributed by atoms with van der Waals surface area (Å²) >= 11 is 0. The third kappa shape index (κ3) is 4.26. The second-order valence-electron chi connectivity index (χ2n) is 4.08. The summed E-state index contributed by atoms with van der Waals surface area (Å²) in [6, 6.07) is 6.13. The van der Waals surface area contributed by atoms with Crippen molar-refractivity contribution in [3.8, 4) is 0 Å². The Morgan fingerprint density at radius 3 is 2.61 bits per heavy atom. The van der Waals surface area contributed by atoms with Crippen molar-refractivity contribution in [1.29, 1.82) is 0 Å². The predicted octanol–water partition coefficient (Wildman–Crippen LogP) is 2.89. The molecular weight excluding hydrogens is 255 g/mol. The van der Waals surface area contributed by atoms with Crippen LogP contribution in [0.1, 0.15) is 36.2 Å². The molecule has 0 aliphatic rings. The van der Waals surface area contributed by atoms with Gasteiger partial charge in [0.05, 0.1) is 17.8 Å². The number of carbonyl (C=O) groups is 1. The molecule has 6 heteroatoms. The van der Waals surface area contributed by atoms with Crippen LogP contribution in [0.3, 0.4) is 0 Å². The number of benzene rings is 1. The van der Waals surface area contributed by atoms with Crippen molar-refractivity contribution in [3.63, 3.8) is 0 Å². The molecule has 2 atom stereocenters. The van der Waals surface area contributed by atoms with Crippen molar-refractivity contribution in [3.05, 3.63) is 35.4 Å². The summed E-state index contributed by atoms with van der Waals surface area (Å²) in [6.07, 6.45) is -0.0110. The lowest BCUT2D eigenvalue weighted by molar-refractivity contribution is 0.0696. The molecule has 0 saturated carbocycles. The first kappa shape index (κ1) is 14.9. The van der Waals surface area contributed by atoms with Gasteiger partial charge >= 0.3 is 13.6 Å². The zero-order valence-corrected chi connectivity index (χ0v) is 11.3.